The molecule has 0 heterocycles. The second-order valence-electron chi connectivity index (χ2n) is 3.14. The van der Waals surface area contributed by atoms with Crippen LogP contribution in [0.2, 0.25) is 0 Å². The molecule has 0 aliphatic rings. The summed E-state index contributed by atoms with van der Waals surface area (Å²) < 4.78 is 8.93. The highest BCUT2D eigenvalue weighted by Gasteiger charge is 2.19. The van der Waals surface area contributed by atoms with E-state index in [1.807, 2.05) is 0 Å². The van der Waals surface area contributed by atoms with Crippen LogP contribution in [0.4, 0.5) is 0 Å². The number of carbonyl (C=O) groups is 2. The number of benzene rings is 1. The molecule has 0 aliphatic heterocycles. The van der Waals surface area contributed by atoms with E-state index in [0.717, 1.165) is 0 Å². The Morgan fingerprint density at radius 1 is 1.18 bits per heavy atom. The van der Waals surface area contributed by atoms with Crippen LogP contribution in [-0.4, -0.2) is 31.3 Å². The second kappa shape index (κ2) is 5.69. The number of aromatic hydroxyl groups is 1. The summed E-state index contributed by atoms with van der Waals surface area (Å²) in [5, 5.41) is 9.26. The van der Waals surface area contributed by atoms with E-state index in [-0.39, 0.29) is 11.3 Å². The van der Waals surface area contributed by atoms with Crippen molar-refractivity contribution in [1.29, 1.82) is 0 Å². The molecule has 5 heteroatoms. The number of rotatable bonds is 3. The van der Waals surface area contributed by atoms with E-state index in [1.165, 1.54) is 32.4 Å². The van der Waals surface area contributed by atoms with Crippen LogP contribution in [0.3, 0.4) is 0 Å². The van der Waals surface area contributed by atoms with Crippen LogP contribution < -0.4 is 0 Å². The molecular formula is C12H12O5. The number of carbonyl (C=O) groups excluding carboxylic acids is 2. The van der Waals surface area contributed by atoms with Crippen LogP contribution in [0.15, 0.2) is 29.8 Å². The van der Waals surface area contributed by atoms with Crippen molar-refractivity contribution in [3.8, 4) is 5.75 Å². The number of esters is 2. The lowest BCUT2D eigenvalue weighted by molar-refractivity contribution is -0.143. The first-order chi connectivity index (χ1) is 8.08. The number of ether oxygens (including phenoxy) is 2. The summed E-state index contributed by atoms with van der Waals surface area (Å²) in [4.78, 5) is 22.7. The van der Waals surface area contributed by atoms with Crippen molar-refractivity contribution in [3.63, 3.8) is 0 Å². The Kier molecular flexibility index (Phi) is 4.28. The van der Waals surface area contributed by atoms with Crippen molar-refractivity contribution in [2.75, 3.05) is 14.2 Å². The first-order valence-corrected chi connectivity index (χ1v) is 4.76. The predicted molar refractivity (Wildman–Crippen MR) is 60.1 cm³/mol. The van der Waals surface area contributed by atoms with E-state index in [1.54, 1.807) is 12.1 Å². The Morgan fingerprint density at radius 3 is 2.24 bits per heavy atom. The topological polar surface area (TPSA) is 72.8 Å². The minimum absolute atomic E-state index is 0.0350. The summed E-state index contributed by atoms with van der Waals surface area (Å²) in [7, 11) is 2.34. The Bertz CT molecular complexity index is 444. The van der Waals surface area contributed by atoms with Crippen LogP contribution in [0.5, 0.6) is 5.75 Å². The van der Waals surface area contributed by atoms with Gasteiger partial charge in [-0.1, -0.05) is 12.1 Å². The summed E-state index contributed by atoms with van der Waals surface area (Å²) >= 11 is 0. The number of hydrogen-bond donors (Lipinski definition) is 1. The third-order valence-corrected chi connectivity index (χ3v) is 1.99. The van der Waals surface area contributed by atoms with Gasteiger partial charge >= 0.3 is 11.9 Å². The van der Waals surface area contributed by atoms with Crippen molar-refractivity contribution in [1.82, 2.24) is 0 Å². The van der Waals surface area contributed by atoms with E-state index in [9.17, 15) is 14.7 Å². The van der Waals surface area contributed by atoms with Gasteiger partial charge in [0.05, 0.1) is 14.2 Å². The number of methoxy groups -OCH3 is 2. The molecule has 0 saturated heterocycles. The van der Waals surface area contributed by atoms with E-state index in [4.69, 9.17) is 0 Å². The van der Waals surface area contributed by atoms with Gasteiger partial charge in [0.2, 0.25) is 0 Å². The molecular weight excluding hydrogens is 224 g/mol. The molecule has 0 fully saturated rings. The van der Waals surface area contributed by atoms with Crippen molar-refractivity contribution >= 4 is 18.0 Å². The molecule has 0 aromatic heterocycles. The highest BCUT2D eigenvalue weighted by atomic mass is 16.5. The summed E-state index contributed by atoms with van der Waals surface area (Å²) in [6, 6.07) is 6.11. The third-order valence-electron chi connectivity index (χ3n) is 1.99. The molecule has 1 aromatic rings. The number of hydrogen-bond acceptors (Lipinski definition) is 5. The first kappa shape index (κ1) is 12.8. The lowest BCUT2D eigenvalue weighted by Crippen LogP contribution is -2.15. The zero-order valence-corrected chi connectivity index (χ0v) is 9.47. The minimum Gasteiger partial charge on any atom is -0.508 e. The van der Waals surface area contributed by atoms with Crippen LogP contribution in [0.1, 0.15) is 5.56 Å². The van der Waals surface area contributed by atoms with E-state index in [0.29, 0.717) is 5.56 Å². The molecule has 0 radical (unpaired) electrons. The molecule has 17 heavy (non-hydrogen) atoms. The monoisotopic (exact) mass is 236 g/mol. The Balaban J connectivity index is 3.13. The fraction of sp³-hybridized carbons (Fsp3) is 0.167. The fourth-order valence-electron chi connectivity index (χ4n) is 1.20. The van der Waals surface area contributed by atoms with Gasteiger partial charge in [0, 0.05) is 0 Å². The molecule has 1 aromatic carbocycles. The predicted octanol–water partition coefficient (Wildman–Crippen LogP) is 1.12. The summed E-state index contributed by atoms with van der Waals surface area (Å²) in [5.74, 6) is -1.55. The van der Waals surface area contributed by atoms with Crippen LogP contribution in [0.25, 0.3) is 6.08 Å². The van der Waals surface area contributed by atoms with Crippen molar-refractivity contribution < 1.29 is 24.2 Å². The molecule has 0 amide bonds. The normalized spacial score (nSPS) is 9.29. The minimum atomic E-state index is -0.791. The molecule has 0 spiro atoms. The second-order valence-corrected chi connectivity index (χ2v) is 3.14. The highest BCUT2D eigenvalue weighted by molar-refractivity contribution is 6.17. The molecule has 0 saturated carbocycles. The lowest BCUT2D eigenvalue weighted by atomic mass is 10.1. The quantitative estimate of drug-likeness (QED) is 0.368. The van der Waals surface area contributed by atoms with E-state index < -0.39 is 11.9 Å². The maximum Gasteiger partial charge on any atom is 0.345 e. The molecule has 0 unspecified atom stereocenters. The number of phenolic OH excluding ortho intramolecular Hbond substituents is 1. The van der Waals surface area contributed by atoms with Crippen molar-refractivity contribution in [2.24, 2.45) is 0 Å². The van der Waals surface area contributed by atoms with Crippen LogP contribution in [0, 0.1) is 0 Å². The maximum atomic E-state index is 11.3. The van der Waals surface area contributed by atoms with Crippen LogP contribution >= 0.6 is 0 Å². The van der Waals surface area contributed by atoms with Gasteiger partial charge in [-0.05, 0) is 23.8 Å². The molecule has 0 atom stereocenters. The zero-order chi connectivity index (χ0) is 12.8. The molecule has 90 valence electrons. The van der Waals surface area contributed by atoms with E-state index >= 15 is 0 Å². The molecule has 5 nitrogen and oxygen atoms in total. The van der Waals surface area contributed by atoms with Gasteiger partial charge in [-0.15, -0.1) is 0 Å². The largest absolute Gasteiger partial charge is 0.508 e. The fourth-order valence-corrected chi connectivity index (χ4v) is 1.20. The smallest absolute Gasteiger partial charge is 0.345 e. The summed E-state index contributed by atoms with van der Waals surface area (Å²) in [6.07, 6.45) is 1.29. The Hall–Kier alpha value is -2.30. The Labute approximate surface area is 98.3 Å². The number of phenols is 1. The van der Waals surface area contributed by atoms with Crippen molar-refractivity contribution in [2.45, 2.75) is 0 Å². The highest BCUT2D eigenvalue weighted by Crippen LogP contribution is 2.15. The Morgan fingerprint density at radius 2 is 1.76 bits per heavy atom. The van der Waals surface area contributed by atoms with Gasteiger partial charge in [-0.3, -0.25) is 0 Å². The molecule has 1 rings (SSSR count). The van der Waals surface area contributed by atoms with Gasteiger partial charge in [-0.25, -0.2) is 9.59 Å². The lowest BCUT2D eigenvalue weighted by Gasteiger charge is -2.03. The summed E-state index contributed by atoms with van der Waals surface area (Å²) in [6.45, 7) is 0. The maximum absolute atomic E-state index is 11.3. The average Bonchev–Trinajstić information content (AvgIpc) is 2.34. The SMILES string of the molecule is COC(=O)C(=Cc1cccc(O)c1)C(=O)OC. The van der Waals surface area contributed by atoms with Gasteiger partial charge in [0.15, 0.2) is 0 Å². The molecule has 1 N–H and O–H groups in total. The van der Waals surface area contributed by atoms with Gasteiger partial charge in [0.25, 0.3) is 0 Å². The molecule has 0 bridgehead atoms. The molecule has 0 aliphatic carbocycles. The van der Waals surface area contributed by atoms with Gasteiger partial charge in [-0.2, -0.15) is 0 Å². The van der Waals surface area contributed by atoms with Crippen molar-refractivity contribution in [3.05, 3.63) is 35.4 Å². The van der Waals surface area contributed by atoms with Gasteiger partial charge < -0.3 is 14.6 Å². The first-order valence-electron chi connectivity index (χ1n) is 4.76. The standard InChI is InChI=1S/C12H12O5/c1-16-11(14)10(12(15)17-2)7-8-4-3-5-9(13)6-8/h3-7,13H,1-2H3. The zero-order valence-electron chi connectivity index (χ0n) is 9.47. The average molecular weight is 236 g/mol. The third kappa shape index (κ3) is 3.34. The van der Waals surface area contributed by atoms with Crippen LogP contribution in [-0.2, 0) is 19.1 Å². The summed E-state index contributed by atoms with van der Waals surface area (Å²) in [5.41, 5.74) is 0.261. The van der Waals surface area contributed by atoms with E-state index in [2.05, 4.69) is 9.47 Å². The van der Waals surface area contributed by atoms with Gasteiger partial charge in [0.1, 0.15) is 11.3 Å².